The smallest absolute Gasteiger partial charge is 0.257 e. The average Bonchev–Trinajstić information content (AvgIpc) is 2.93. The van der Waals surface area contributed by atoms with E-state index in [2.05, 4.69) is 10.5 Å². The van der Waals surface area contributed by atoms with Crippen LogP contribution in [0.3, 0.4) is 0 Å². The summed E-state index contributed by atoms with van der Waals surface area (Å²) in [5.41, 5.74) is 2.10. The minimum absolute atomic E-state index is 0.189. The van der Waals surface area contributed by atoms with Gasteiger partial charge in [0.1, 0.15) is 11.3 Å². The zero-order chi connectivity index (χ0) is 16.1. The summed E-state index contributed by atoms with van der Waals surface area (Å²) in [5.74, 6) is 1.62. The number of aryl methyl sites for hydroxylation is 2. The number of hydrogen-bond acceptors (Lipinski definition) is 5. The largest absolute Gasteiger partial charge is 0.493 e. The second-order valence-corrected chi connectivity index (χ2v) is 4.79. The van der Waals surface area contributed by atoms with E-state index in [9.17, 15) is 4.79 Å². The van der Waals surface area contributed by atoms with Gasteiger partial charge in [0.25, 0.3) is 5.91 Å². The fourth-order valence-corrected chi connectivity index (χ4v) is 2.21. The number of nitrogens with one attached hydrogen (secondary N) is 1. The summed E-state index contributed by atoms with van der Waals surface area (Å²) >= 11 is 0. The first kappa shape index (κ1) is 15.9. The van der Waals surface area contributed by atoms with E-state index in [1.807, 2.05) is 25.1 Å². The van der Waals surface area contributed by atoms with Gasteiger partial charge in [0.2, 0.25) is 0 Å². The lowest BCUT2D eigenvalue weighted by Gasteiger charge is -2.10. The summed E-state index contributed by atoms with van der Waals surface area (Å²) < 4.78 is 15.5. The van der Waals surface area contributed by atoms with Crippen LogP contribution in [-0.2, 0) is 13.0 Å². The fraction of sp³-hybridized carbons (Fsp3) is 0.375. The molecule has 0 radical (unpaired) electrons. The molecule has 118 valence electrons. The predicted molar refractivity (Wildman–Crippen MR) is 81.3 cm³/mol. The van der Waals surface area contributed by atoms with E-state index in [0.717, 1.165) is 5.56 Å². The van der Waals surface area contributed by atoms with E-state index in [1.165, 1.54) is 0 Å². The molecule has 1 amide bonds. The van der Waals surface area contributed by atoms with Gasteiger partial charge < -0.3 is 19.3 Å². The van der Waals surface area contributed by atoms with Crippen molar-refractivity contribution >= 4 is 5.91 Å². The van der Waals surface area contributed by atoms with Crippen LogP contribution in [-0.4, -0.2) is 25.3 Å². The molecule has 0 saturated heterocycles. The van der Waals surface area contributed by atoms with Gasteiger partial charge in [0.15, 0.2) is 11.5 Å². The summed E-state index contributed by atoms with van der Waals surface area (Å²) in [5, 5.41) is 6.76. The highest BCUT2D eigenvalue weighted by Crippen LogP contribution is 2.27. The van der Waals surface area contributed by atoms with E-state index >= 15 is 0 Å². The molecule has 2 aromatic rings. The maximum absolute atomic E-state index is 12.3. The molecule has 1 aromatic heterocycles. The van der Waals surface area contributed by atoms with Crippen molar-refractivity contribution in [2.24, 2.45) is 0 Å². The topological polar surface area (TPSA) is 73.6 Å². The maximum atomic E-state index is 12.3. The van der Waals surface area contributed by atoms with Crippen LogP contribution in [0.25, 0.3) is 0 Å². The van der Waals surface area contributed by atoms with Gasteiger partial charge in [-0.05, 0) is 31.0 Å². The van der Waals surface area contributed by atoms with Gasteiger partial charge in [0.05, 0.1) is 19.9 Å². The third-order valence-corrected chi connectivity index (χ3v) is 3.40. The van der Waals surface area contributed by atoms with Crippen LogP contribution in [0.1, 0.15) is 34.3 Å². The fourth-order valence-electron chi connectivity index (χ4n) is 2.21. The number of amides is 1. The molecule has 0 spiro atoms. The number of carbonyl (C=O) groups is 1. The Hall–Kier alpha value is -2.50. The summed E-state index contributed by atoms with van der Waals surface area (Å²) in [6.07, 6.45) is 0.649. The number of hydrogen-bond donors (Lipinski definition) is 1. The molecule has 1 N–H and O–H groups in total. The zero-order valence-corrected chi connectivity index (χ0v) is 13.2. The molecule has 6 nitrogen and oxygen atoms in total. The van der Waals surface area contributed by atoms with Crippen molar-refractivity contribution in [3.8, 4) is 11.5 Å². The minimum atomic E-state index is -0.189. The molecule has 0 aliphatic rings. The second kappa shape index (κ2) is 6.98. The molecule has 1 aromatic carbocycles. The van der Waals surface area contributed by atoms with E-state index in [0.29, 0.717) is 41.5 Å². The summed E-state index contributed by atoms with van der Waals surface area (Å²) in [6, 6.07) is 5.52. The van der Waals surface area contributed by atoms with Crippen LogP contribution >= 0.6 is 0 Å². The third kappa shape index (κ3) is 3.21. The molecular weight excluding hydrogens is 284 g/mol. The lowest BCUT2D eigenvalue weighted by molar-refractivity contribution is 0.0948. The Morgan fingerprint density at radius 3 is 2.64 bits per heavy atom. The van der Waals surface area contributed by atoms with Gasteiger partial charge in [-0.1, -0.05) is 18.1 Å². The normalized spacial score (nSPS) is 10.4. The average molecular weight is 304 g/mol. The van der Waals surface area contributed by atoms with Crippen LogP contribution in [0.2, 0.25) is 0 Å². The molecule has 0 atom stereocenters. The quantitative estimate of drug-likeness (QED) is 0.887. The van der Waals surface area contributed by atoms with Crippen molar-refractivity contribution in [3.63, 3.8) is 0 Å². The van der Waals surface area contributed by atoms with E-state index < -0.39 is 0 Å². The zero-order valence-electron chi connectivity index (χ0n) is 13.2. The van der Waals surface area contributed by atoms with Crippen molar-refractivity contribution in [3.05, 3.63) is 40.8 Å². The molecule has 0 unspecified atom stereocenters. The molecule has 0 bridgehead atoms. The first-order chi connectivity index (χ1) is 10.6. The summed E-state index contributed by atoms with van der Waals surface area (Å²) in [4.78, 5) is 12.3. The molecule has 22 heavy (non-hydrogen) atoms. The van der Waals surface area contributed by atoms with Gasteiger partial charge in [-0.2, -0.15) is 0 Å². The van der Waals surface area contributed by atoms with Crippen molar-refractivity contribution in [1.82, 2.24) is 10.5 Å². The molecule has 0 aliphatic carbocycles. The number of ether oxygens (including phenoxy) is 2. The van der Waals surface area contributed by atoms with Crippen LogP contribution in [0.4, 0.5) is 0 Å². The molecule has 0 fully saturated rings. The number of aromatic nitrogens is 1. The highest BCUT2D eigenvalue weighted by Gasteiger charge is 2.18. The Morgan fingerprint density at radius 1 is 1.27 bits per heavy atom. The molecule has 6 heteroatoms. The molecule has 0 aliphatic heterocycles. The highest BCUT2D eigenvalue weighted by molar-refractivity contribution is 5.96. The van der Waals surface area contributed by atoms with Crippen LogP contribution in [0.15, 0.2) is 22.7 Å². The van der Waals surface area contributed by atoms with Crippen molar-refractivity contribution in [2.45, 2.75) is 26.8 Å². The Bertz CT molecular complexity index is 664. The molecular formula is C16H20N2O4. The second-order valence-electron chi connectivity index (χ2n) is 4.79. The maximum Gasteiger partial charge on any atom is 0.257 e. The van der Waals surface area contributed by atoms with Crippen LogP contribution < -0.4 is 14.8 Å². The number of methoxy groups -OCH3 is 2. The monoisotopic (exact) mass is 304 g/mol. The first-order valence-corrected chi connectivity index (χ1v) is 7.04. The number of carbonyl (C=O) groups excluding carboxylic acids is 1. The van der Waals surface area contributed by atoms with Crippen molar-refractivity contribution < 1.29 is 18.8 Å². The van der Waals surface area contributed by atoms with Crippen LogP contribution in [0.5, 0.6) is 11.5 Å². The Balaban J connectivity index is 2.09. The predicted octanol–water partition coefficient (Wildman–Crippen LogP) is 2.49. The standard InChI is InChI=1S/C16H20N2O4/c1-5-12-15(10(2)22-18-12)16(19)17-9-11-6-7-13(20-3)14(8-11)21-4/h6-8H,5,9H2,1-4H3,(H,17,19). The minimum Gasteiger partial charge on any atom is -0.493 e. The van der Waals surface area contributed by atoms with Gasteiger partial charge in [0, 0.05) is 6.54 Å². The van der Waals surface area contributed by atoms with Gasteiger partial charge >= 0.3 is 0 Å². The Labute approximate surface area is 129 Å². The van der Waals surface area contributed by atoms with Gasteiger partial charge in [-0.3, -0.25) is 4.79 Å². The number of rotatable bonds is 6. The van der Waals surface area contributed by atoms with Gasteiger partial charge in [-0.25, -0.2) is 0 Å². The lowest BCUT2D eigenvalue weighted by atomic mass is 10.1. The van der Waals surface area contributed by atoms with E-state index in [1.54, 1.807) is 21.1 Å². The highest BCUT2D eigenvalue weighted by atomic mass is 16.5. The number of nitrogens with zero attached hydrogens (tertiary/aromatic N) is 1. The molecule has 0 saturated carbocycles. The van der Waals surface area contributed by atoms with Gasteiger partial charge in [-0.15, -0.1) is 0 Å². The van der Waals surface area contributed by atoms with Crippen molar-refractivity contribution in [2.75, 3.05) is 14.2 Å². The molecule has 2 rings (SSSR count). The summed E-state index contributed by atoms with van der Waals surface area (Å²) in [7, 11) is 3.16. The lowest BCUT2D eigenvalue weighted by Crippen LogP contribution is -2.24. The van der Waals surface area contributed by atoms with E-state index in [4.69, 9.17) is 14.0 Å². The Morgan fingerprint density at radius 2 is 2.00 bits per heavy atom. The molecule has 1 heterocycles. The Kier molecular flexibility index (Phi) is 5.04. The summed E-state index contributed by atoms with van der Waals surface area (Å²) in [6.45, 7) is 4.05. The third-order valence-electron chi connectivity index (χ3n) is 3.40. The number of benzene rings is 1. The van der Waals surface area contributed by atoms with Crippen LogP contribution in [0, 0.1) is 6.92 Å². The first-order valence-electron chi connectivity index (χ1n) is 7.04. The SMILES string of the molecule is CCc1noc(C)c1C(=O)NCc1ccc(OC)c(OC)c1. The van der Waals surface area contributed by atoms with Crippen molar-refractivity contribution in [1.29, 1.82) is 0 Å². The van der Waals surface area contributed by atoms with E-state index in [-0.39, 0.29) is 5.91 Å².